The molecule has 0 fully saturated rings. The van der Waals surface area contributed by atoms with E-state index in [0.717, 1.165) is 30.9 Å². The van der Waals surface area contributed by atoms with Crippen molar-refractivity contribution in [3.05, 3.63) is 54.0 Å². The van der Waals surface area contributed by atoms with Gasteiger partial charge in [0, 0.05) is 31.1 Å². The van der Waals surface area contributed by atoms with E-state index in [0.29, 0.717) is 0 Å². The van der Waals surface area contributed by atoms with E-state index in [9.17, 15) is 0 Å². The van der Waals surface area contributed by atoms with Crippen molar-refractivity contribution in [3.63, 3.8) is 0 Å². The summed E-state index contributed by atoms with van der Waals surface area (Å²) in [5, 5.41) is 3.29. The molecule has 0 aliphatic heterocycles. The molecule has 0 aliphatic carbocycles. The maximum absolute atomic E-state index is 4.57. The Bertz CT molecular complexity index is 454. The molecule has 1 N–H and O–H groups in total. The van der Waals surface area contributed by atoms with Gasteiger partial charge in [-0.2, -0.15) is 0 Å². The Morgan fingerprint density at radius 3 is 2.88 bits per heavy atom. The van der Waals surface area contributed by atoms with Gasteiger partial charge in [-0.25, -0.2) is 4.98 Å². The minimum Gasteiger partial charge on any atom is -0.370 e. The van der Waals surface area contributed by atoms with Crippen molar-refractivity contribution < 1.29 is 0 Å². The van der Waals surface area contributed by atoms with Crippen LogP contribution in [0.25, 0.3) is 0 Å². The van der Waals surface area contributed by atoms with E-state index in [-0.39, 0.29) is 0 Å². The van der Waals surface area contributed by atoms with Gasteiger partial charge in [0.25, 0.3) is 0 Å². The first-order valence-corrected chi connectivity index (χ1v) is 5.97. The second kappa shape index (κ2) is 5.99. The molecule has 0 bridgehead atoms. The molecule has 0 radical (unpaired) electrons. The van der Waals surface area contributed by atoms with Gasteiger partial charge in [-0.3, -0.25) is 4.98 Å². The lowest BCUT2D eigenvalue weighted by atomic mass is 10.1. The van der Waals surface area contributed by atoms with Gasteiger partial charge in [-0.05, 0) is 30.2 Å². The normalized spacial score (nSPS) is 10.2. The predicted molar refractivity (Wildman–Crippen MR) is 70.1 cm³/mol. The van der Waals surface area contributed by atoms with Crippen molar-refractivity contribution in [2.75, 3.05) is 11.9 Å². The third-order valence-corrected chi connectivity index (χ3v) is 2.47. The van der Waals surface area contributed by atoms with Crippen LogP contribution in [-0.4, -0.2) is 16.5 Å². The van der Waals surface area contributed by atoms with Gasteiger partial charge in [0.2, 0.25) is 0 Å². The number of hydrogen-bond acceptors (Lipinski definition) is 3. The van der Waals surface area contributed by atoms with E-state index in [4.69, 9.17) is 0 Å². The Balaban J connectivity index is 2.06. The predicted octanol–water partition coefficient (Wildman–Crippen LogP) is 2.89. The Hall–Kier alpha value is -1.90. The number of hydrogen-bond donors (Lipinski definition) is 1. The zero-order valence-corrected chi connectivity index (χ0v) is 10.1. The Labute approximate surface area is 102 Å². The number of pyridine rings is 2. The monoisotopic (exact) mass is 227 g/mol. The van der Waals surface area contributed by atoms with Crippen LogP contribution in [0, 0.1) is 0 Å². The average Bonchev–Trinajstić information content (AvgIpc) is 2.38. The van der Waals surface area contributed by atoms with Gasteiger partial charge in [-0.15, -0.1) is 0 Å². The summed E-state index contributed by atoms with van der Waals surface area (Å²) in [6, 6.07) is 10.1. The lowest BCUT2D eigenvalue weighted by molar-refractivity contribution is 0.959. The second-order valence-corrected chi connectivity index (χ2v) is 3.98. The molecule has 3 heteroatoms. The van der Waals surface area contributed by atoms with E-state index in [1.165, 1.54) is 5.56 Å². The lowest BCUT2D eigenvalue weighted by Crippen LogP contribution is -2.03. The van der Waals surface area contributed by atoms with Crippen LogP contribution in [0.4, 0.5) is 5.82 Å². The molecule has 2 rings (SSSR count). The number of aromatic nitrogens is 2. The van der Waals surface area contributed by atoms with Crippen molar-refractivity contribution in [1.29, 1.82) is 0 Å². The highest BCUT2D eigenvalue weighted by molar-refractivity contribution is 5.36. The lowest BCUT2D eigenvalue weighted by Gasteiger charge is -2.06. The Morgan fingerprint density at radius 2 is 2.12 bits per heavy atom. The zero-order chi connectivity index (χ0) is 11.9. The van der Waals surface area contributed by atoms with Gasteiger partial charge >= 0.3 is 0 Å². The third-order valence-electron chi connectivity index (χ3n) is 2.47. The van der Waals surface area contributed by atoms with Crippen LogP contribution >= 0.6 is 0 Å². The number of nitrogens with zero attached hydrogens (tertiary/aromatic N) is 2. The zero-order valence-electron chi connectivity index (χ0n) is 10.1. The molecule has 0 amide bonds. The first-order valence-electron chi connectivity index (χ1n) is 5.97. The topological polar surface area (TPSA) is 37.8 Å². The Kier molecular flexibility index (Phi) is 4.08. The molecular weight excluding hydrogens is 210 g/mol. The largest absolute Gasteiger partial charge is 0.370 e. The molecule has 3 nitrogen and oxygen atoms in total. The average molecular weight is 227 g/mol. The van der Waals surface area contributed by atoms with Crippen molar-refractivity contribution in [2.45, 2.75) is 19.8 Å². The first-order chi connectivity index (χ1) is 8.38. The highest BCUT2D eigenvalue weighted by atomic mass is 15.0. The molecule has 0 aromatic carbocycles. The van der Waals surface area contributed by atoms with Crippen LogP contribution in [0.5, 0.6) is 0 Å². The van der Waals surface area contributed by atoms with Gasteiger partial charge in [0.1, 0.15) is 5.82 Å². The summed E-state index contributed by atoms with van der Waals surface area (Å²) in [6.45, 7) is 3.11. The SMILES string of the molecule is CCCNc1cccc(Cc2cccnc2)n1. The standard InChI is InChI=1S/C14H17N3/c1-2-8-16-14-7-3-6-13(17-14)10-12-5-4-9-15-11-12/h3-7,9,11H,2,8,10H2,1H3,(H,16,17). The van der Waals surface area contributed by atoms with Gasteiger partial charge in [-0.1, -0.05) is 19.1 Å². The van der Waals surface area contributed by atoms with Crippen LogP contribution in [0.15, 0.2) is 42.7 Å². The summed E-state index contributed by atoms with van der Waals surface area (Å²) in [5.41, 5.74) is 2.26. The van der Waals surface area contributed by atoms with E-state index in [1.807, 2.05) is 30.5 Å². The van der Waals surface area contributed by atoms with Crippen LogP contribution in [0.2, 0.25) is 0 Å². The van der Waals surface area contributed by atoms with Crippen LogP contribution in [0.1, 0.15) is 24.6 Å². The van der Waals surface area contributed by atoms with E-state index < -0.39 is 0 Å². The molecular formula is C14H17N3. The van der Waals surface area contributed by atoms with Crippen molar-refractivity contribution >= 4 is 5.82 Å². The molecule has 88 valence electrons. The summed E-state index contributed by atoms with van der Waals surface area (Å²) in [7, 11) is 0. The fraction of sp³-hybridized carbons (Fsp3) is 0.286. The van der Waals surface area contributed by atoms with Crippen molar-refractivity contribution in [1.82, 2.24) is 9.97 Å². The smallest absolute Gasteiger partial charge is 0.126 e. The maximum Gasteiger partial charge on any atom is 0.126 e. The number of rotatable bonds is 5. The molecule has 17 heavy (non-hydrogen) atoms. The van der Waals surface area contributed by atoms with Crippen LogP contribution < -0.4 is 5.32 Å². The number of anilines is 1. The van der Waals surface area contributed by atoms with Crippen LogP contribution in [-0.2, 0) is 6.42 Å². The fourth-order valence-electron chi connectivity index (χ4n) is 1.64. The molecule has 0 spiro atoms. The maximum atomic E-state index is 4.57. The third kappa shape index (κ3) is 3.55. The molecule has 0 saturated carbocycles. The number of nitrogens with one attached hydrogen (secondary N) is 1. The fourth-order valence-corrected chi connectivity index (χ4v) is 1.64. The molecule has 2 heterocycles. The van der Waals surface area contributed by atoms with Gasteiger partial charge in [0.15, 0.2) is 0 Å². The van der Waals surface area contributed by atoms with E-state index in [2.05, 4.69) is 28.3 Å². The summed E-state index contributed by atoms with van der Waals surface area (Å²) < 4.78 is 0. The first kappa shape index (κ1) is 11.6. The van der Waals surface area contributed by atoms with Gasteiger partial charge < -0.3 is 5.32 Å². The van der Waals surface area contributed by atoms with Gasteiger partial charge in [0.05, 0.1) is 0 Å². The van der Waals surface area contributed by atoms with Crippen molar-refractivity contribution in [3.8, 4) is 0 Å². The summed E-state index contributed by atoms with van der Waals surface area (Å²) in [5.74, 6) is 0.952. The molecule has 2 aromatic rings. The Morgan fingerprint density at radius 1 is 1.18 bits per heavy atom. The highest BCUT2D eigenvalue weighted by Gasteiger charge is 1.99. The summed E-state index contributed by atoms with van der Waals surface area (Å²) in [6.07, 6.45) is 5.61. The van der Waals surface area contributed by atoms with Crippen LogP contribution in [0.3, 0.4) is 0 Å². The molecule has 0 aliphatic rings. The second-order valence-electron chi connectivity index (χ2n) is 3.98. The molecule has 0 atom stereocenters. The van der Waals surface area contributed by atoms with E-state index >= 15 is 0 Å². The summed E-state index contributed by atoms with van der Waals surface area (Å²) >= 11 is 0. The van der Waals surface area contributed by atoms with Crippen molar-refractivity contribution in [2.24, 2.45) is 0 Å². The molecule has 0 unspecified atom stereocenters. The van der Waals surface area contributed by atoms with E-state index in [1.54, 1.807) is 6.20 Å². The highest BCUT2D eigenvalue weighted by Crippen LogP contribution is 2.09. The summed E-state index contributed by atoms with van der Waals surface area (Å²) in [4.78, 5) is 8.68. The minimum atomic E-state index is 0.829. The molecule has 0 saturated heterocycles. The quantitative estimate of drug-likeness (QED) is 0.853. The molecule has 2 aromatic heterocycles. The minimum absolute atomic E-state index is 0.829.